The van der Waals surface area contributed by atoms with E-state index in [0.717, 1.165) is 4.90 Å². The molecule has 0 unspecified atom stereocenters. The molecule has 17 heavy (non-hydrogen) atoms. The molecule has 1 amide bonds. The van der Waals surface area contributed by atoms with Crippen molar-refractivity contribution in [2.75, 3.05) is 12.3 Å². The van der Waals surface area contributed by atoms with Gasteiger partial charge in [0.15, 0.2) is 0 Å². The van der Waals surface area contributed by atoms with Crippen molar-refractivity contribution in [3.05, 3.63) is 35.6 Å². The molecule has 0 aliphatic carbocycles. The Morgan fingerprint density at radius 3 is 2.88 bits per heavy atom. The Morgan fingerprint density at radius 1 is 1.53 bits per heavy atom. The van der Waals surface area contributed by atoms with Crippen molar-refractivity contribution in [2.45, 2.75) is 5.37 Å². The highest BCUT2D eigenvalue weighted by atomic mass is 32.2. The van der Waals surface area contributed by atoms with E-state index in [2.05, 4.69) is 0 Å². The van der Waals surface area contributed by atoms with E-state index in [1.165, 1.54) is 17.8 Å². The molecule has 1 aromatic rings. The predicted molar refractivity (Wildman–Crippen MR) is 58.3 cm³/mol. The molecule has 1 atom stereocenters. The molecule has 1 fully saturated rings. The summed E-state index contributed by atoms with van der Waals surface area (Å²) in [7, 11) is 0. The fraction of sp³-hybridized carbons (Fsp3) is 0.273. The quantitative estimate of drug-likeness (QED) is 0.770. The average molecular weight is 254 g/mol. The molecule has 6 heteroatoms. The number of nitrogens with zero attached hydrogens (tertiary/aromatic N) is 1. The molecular weight excluding hydrogens is 245 g/mol. The van der Waals surface area contributed by atoms with Crippen LogP contribution in [-0.4, -0.2) is 29.1 Å². The minimum atomic E-state index is -1.35. The Balaban J connectivity index is 2.28. The molecule has 1 saturated heterocycles. The molecule has 4 nitrogen and oxygen atoms in total. The van der Waals surface area contributed by atoms with Crippen molar-refractivity contribution in [1.29, 1.82) is 0 Å². The lowest BCUT2D eigenvalue weighted by atomic mass is 10.2. The highest BCUT2D eigenvalue weighted by Crippen LogP contribution is 2.39. The first-order valence-electron chi connectivity index (χ1n) is 4.95. The van der Waals surface area contributed by atoms with Gasteiger partial charge in [-0.1, -0.05) is 18.2 Å². The Hall–Kier alpha value is -1.56. The smallest absolute Gasteiger partial charge is 0.234 e. The third-order valence-electron chi connectivity index (χ3n) is 2.44. The van der Waals surface area contributed by atoms with Gasteiger partial charge >= 0.3 is 0 Å². The van der Waals surface area contributed by atoms with Crippen molar-refractivity contribution in [3.8, 4) is 0 Å². The highest BCUT2D eigenvalue weighted by Gasteiger charge is 2.34. The number of benzene rings is 1. The molecule has 0 saturated carbocycles. The molecule has 0 radical (unpaired) electrons. The summed E-state index contributed by atoms with van der Waals surface area (Å²) < 4.78 is 13.6. The molecule has 0 bridgehead atoms. The molecule has 1 aliphatic rings. The van der Waals surface area contributed by atoms with Crippen molar-refractivity contribution < 1.29 is 19.1 Å². The number of carboxylic acids is 1. The van der Waals surface area contributed by atoms with E-state index < -0.39 is 23.7 Å². The minimum absolute atomic E-state index is 0.159. The van der Waals surface area contributed by atoms with Crippen LogP contribution in [0.1, 0.15) is 10.9 Å². The van der Waals surface area contributed by atoms with Crippen molar-refractivity contribution in [2.24, 2.45) is 0 Å². The van der Waals surface area contributed by atoms with Crippen molar-refractivity contribution >= 4 is 23.6 Å². The number of halogens is 1. The van der Waals surface area contributed by atoms with Crippen LogP contribution in [0.5, 0.6) is 0 Å². The van der Waals surface area contributed by atoms with Crippen LogP contribution in [0, 0.1) is 5.82 Å². The predicted octanol–water partition coefficient (Wildman–Crippen LogP) is 0.150. The largest absolute Gasteiger partial charge is 0.548 e. The number of aliphatic carboxylic acids is 1. The molecule has 1 aliphatic heterocycles. The molecule has 1 aromatic carbocycles. The number of amides is 1. The molecule has 0 N–H and O–H groups in total. The zero-order chi connectivity index (χ0) is 12.4. The maximum atomic E-state index is 13.6. The van der Waals surface area contributed by atoms with E-state index in [4.69, 9.17) is 0 Å². The zero-order valence-corrected chi connectivity index (χ0v) is 9.58. The van der Waals surface area contributed by atoms with Gasteiger partial charge in [-0.25, -0.2) is 4.39 Å². The number of carbonyl (C=O) groups is 2. The Labute approximate surface area is 101 Å². The second-order valence-electron chi connectivity index (χ2n) is 3.58. The van der Waals surface area contributed by atoms with Crippen LogP contribution >= 0.6 is 11.8 Å². The molecule has 0 spiro atoms. The third-order valence-corrected chi connectivity index (χ3v) is 3.68. The lowest BCUT2D eigenvalue weighted by Crippen LogP contribution is -2.40. The van der Waals surface area contributed by atoms with Gasteiger partial charge in [-0.3, -0.25) is 4.79 Å². The van der Waals surface area contributed by atoms with Crippen molar-refractivity contribution in [3.63, 3.8) is 0 Å². The normalized spacial score (nSPS) is 19.7. The van der Waals surface area contributed by atoms with Gasteiger partial charge in [0, 0.05) is 5.56 Å². The maximum Gasteiger partial charge on any atom is 0.234 e. The minimum Gasteiger partial charge on any atom is -0.548 e. The summed E-state index contributed by atoms with van der Waals surface area (Å²) in [6, 6.07) is 6.03. The van der Waals surface area contributed by atoms with Crippen LogP contribution in [0.4, 0.5) is 4.39 Å². The molecule has 90 valence electrons. The summed E-state index contributed by atoms with van der Waals surface area (Å²) in [6.07, 6.45) is 0. The van der Waals surface area contributed by atoms with Crippen molar-refractivity contribution in [1.82, 2.24) is 4.90 Å². The summed E-state index contributed by atoms with van der Waals surface area (Å²) in [6.45, 7) is -0.509. The van der Waals surface area contributed by atoms with Gasteiger partial charge < -0.3 is 14.8 Å². The van der Waals surface area contributed by atoms with Crippen LogP contribution in [0.3, 0.4) is 0 Å². The number of hydrogen-bond acceptors (Lipinski definition) is 4. The van der Waals surface area contributed by atoms with Crippen LogP contribution in [0.15, 0.2) is 24.3 Å². The first-order valence-corrected chi connectivity index (χ1v) is 6.00. The fourth-order valence-electron chi connectivity index (χ4n) is 1.70. The zero-order valence-electron chi connectivity index (χ0n) is 8.76. The van der Waals surface area contributed by atoms with Gasteiger partial charge in [0.25, 0.3) is 0 Å². The van der Waals surface area contributed by atoms with Gasteiger partial charge in [-0.2, -0.15) is 0 Å². The van der Waals surface area contributed by atoms with Gasteiger partial charge in [-0.15, -0.1) is 11.8 Å². The summed E-state index contributed by atoms with van der Waals surface area (Å²) in [5.74, 6) is -1.94. The fourth-order valence-corrected chi connectivity index (χ4v) is 2.91. The lowest BCUT2D eigenvalue weighted by Gasteiger charge is -2.24. The number of carbonyl (C=O) groups excluding carboxylic acids is 2. The van der Waals surface area contributed by atoms with E-state index in [1.807, 2.05) is 0 Å². The first-order chi connectivity index (χ1) is 8.09. The average Bonchev–Trinajstić information content (AvgIpc) is 2.61. The first kappa shape index (κ1) is 11.9. The highest BCUT2D eigenvalue weighted by molar-refractivity contribution is 8.00. The molecule has 1 heterocycles. The third kappa shape index (κ3) is 2.41. The summed E-state index contributed by atoms with van der Waals surface area (Å²) in [4.78, 5) is 23.2. The van der Waals surface area contributed by atoms with E-state index in [0.29, 0.717) is 5.56 Å². The number of hydrogen-bond donors (Lipinski definition) is 0. The molecule has 0 aromatic heterocycles. The monoisotopic (exact) mass is 254 g/mol. The van der Waals surface area contributed by atoms with E-state index in [9.17, 15) is 19.1 Å². The summed E-state index contributed by atoms with van der Waals surface area (Å²) in [5.41, 5.74) is 0.324. The second-order valence-corrected chi connectivity index (χ2v) is 4.65. The van der Waals surface area contributed by atoms with Gasteiger partial charge in [0.2, 0.25) is 5.91 Å². The van der Waals surface area contributed by atoms with Gasteiger partial charge in [0.05, 0.1) is 18.3 Å². The van der Waals surface area contributed by atoms with E-state index in [1.54, 1.807) is 18.2 Å². The lowest BCUT2D eigenvalue weighted by molar-refractivity contribution is -0.306. The molecule has 2 rings (SSSR count). The molecular formula is C11H9FNO3S-. The standard InChI is InChI=1S/C11H10FNO3S/c12-8-4-2-1-3-7(8)11-13(5-10(15)16)9(14)6-17-11/h1-4,11H,5-6H2,(H,15,16)/p-1/t11-/m1/s1. The number of rotatable bonds is 3. The van der Waals surface area contributed by atoms with Crippen LogP contribution < -0.4 is 5.11 Å². The Bertz CT molecular complexity index is 466. The van der Waals surface area contributed by atoms with Crippen LogP contribution in [0.25, 0.3) is 0 Å². The van der Waals surface area contributed by atoms with E-state index in [-0.39, 0.29) is 11.7 Å². The SMILES string of the molecule is O=C([O-])CN1C(=O)CS[C@@H]1c1ccccc1F. The Kier molecular flexibility index (Phi) is 3.33. The second kappa shape index (κ2) is 4.75. The maximum absolute atomic E-state index is 13.6. The number of thioether (sulfide) groups is 1. The summed E-state index contributed by atoms with van der Waals surface area (Å²) >= 11 is 1.21. The summed E-state index contributed by atoms with van der Waals surface area (Å²) in [5, 5.41) is 9.97. The van der Waals surface area contributed by atoms with E-state index >= 15 is 0 Å². The Morgan fingerprint density at radius 2 is 2.24 bits per heavy atom. The van der Waals surface area contributed by atoms with Gasteiger partial charge in [-0.05, 0) is 6.07 Å². The van der Waals surface area contributed by atoms with Gasteiger partial charge in [0.1, 0.15) is 11.2 Å². The number of carboxylic acid groups (broad SMARTS) is 1. The van der Waals surface area contributed by atoms with Crippen LogP contribution in [0.2, 0.25) is 0 Å². The topological polar surface area (TPSA) is 60.4 Å². The van der Waals surface area contributed by atoms with Crippen LogP contribution in [-0.2, 0) is 9.59 Å².